The normalized spacial score (nSPS) is 12.8. The molecular formula is C14H23N3. The molecule has 1 rings (SSSR count). The Morgan fingerprint density at radius 1 is 1.29 bits per heavy atom. The number of nitrogens with two attached hydrogens (primary N) is 1. The molecule has 3 N–H and O–H groups in total. The van der Waals surface area contributed by atoms with Crippen LogP contribution in [0.3, 0.4) is 0 Å². The lowest BCUT2D eigenvalue weighted by molar-refractivity contribution is 0.424. The molecule has 0 bridgehead atoms. The summed E-state index contributed by atoms with van der Waals surface area (Å²) >= 11 is 0. The average Bonchev–Trinajstić information content (AvgIpc) is 2.23. The summed E-state index contributed by atoms with van der Waals surface area (Å²) in [6.45, 7) is 9.84. The molecule has 0 aliphatic rings. The molecule has 0 saturated carbocycles. The highest BCUT2D eigenvalue weighted by Gasteiger charge is 2.08. The summed E-state index contributed by atoms with van der Waals surface area (Å²) in [5, 5.41) is 3.47. The molecule has 0 fully saturated rings. The molecule has 94 valence electrons. The van der Waals surface area contributed by atoms with Crippen molar-refractivity contribution in [1.29, 1.82) is 0 Å². The number of nitrogens with one attached hydrogen (secondary N) is 1. The van der Waals surface area contributed by atoms with Crippen LogP contribution in [0.2, 0.25) is 0 Å². The summed E-state index contributed by atoms with van der Waals surface area (Å²) in [5.74, 6) is 0.628. The quantitative estimate of drug-likeness (QED) is 0.620. The summed E-state index contributed by atoms with van der Waals surface area (Å²) in [4.78, 5) is 4.22. The van der Waals surface area contributed by atoms with Gasteiger partial charge in [0, 0.05) is 12.1 Å². The third-order valence-electron chi connectivity index (χ3n) is 2.33. The third kappa shape index (κ3) is 6.07. The Kier molecular flexibility index (Phi) is 4.70. The van der Waals surface area contributed by atoms with Gasteiger partial charge in [0.05, 0.1) is 12.4 Å². The highest BCUT2D eigenvalue weighted by molar-refractivity contribution is 5.77. The van der Waals surface area contributed by atoms with E-state index in [1.54, 1.807) is 0 Å². The zero-order valence-electron chi connectivity index (χ0n) is 11.2. The molecule has 0 aliphatic heterocycles. The van der Waals surface area contributed by atoms with Crippen molar-refractivity contribution in [2.24, 2.45) is 10.7 Å². The first-order valence-electron chi connectivity index (χ1n) is 5.96. The van der Waals surface area contributed by atoms with Crippen molar-refractivity contribution in [3.8, 4) is 0 Å². The van der Waals surface area contributed by atoms with Crippen LogP contribution < -0.4 is 11.1 Å². The van der Waals surface area contributed by atoms with Crippen LogP contribution in [0.25, 0.3) is 0 Å². The second-order valence-corrected chi connectivity index (χ2v) is 5.38. The molecule has 0 saturated heterocycles. The molecule has 1 aromatic rings. The minimum Gasteiger partial charge on any atom is -0.388 e. The van der Waals surface area contributed by atoms with Crippen molar-refractivity contribution in [1.82, 2.24) is 5.32 Å². The second-order valence-electron chi connectivity index (χ2n) is 5.38. The predicted octanol–water partition coefficient (Wildman–Crippen LogP) is 2.45. The lowest BCUT2D eigenvalue weighted by Gasteiger charge is -2.20. The Balaban J connectivity index is 2.63. The van der Waals surface area contributed by atoms with Crippen molar-refractivity contribution < 1.29 is 0 Å². The van der Waals surface area contributed by atoms with Gasteiger partial charge in [-0.2, -0.15) is 0 Å². The van der Waals surface area contributed by atoms with Gasteiger partial charge in [0.25, 0.3) is 0 Å². The van der Waals surface area contributed by atoms with Gasteiger partial charge in [-0.15, -0.1) is 0 Å². The molecule has 0 aliphatic carbocycles. The lowest BCUT2D eigenvalue weighted by atomic mass is 10.1. The standard InChI is InChI=1S/C14H23N3/c1-11(15)16-9-12-6-5-7-13(8-12)10-17-14(2,3)4/h5-8,17H,9-10H2,1-4H3,(H2,15,16). The van der Waals surface area contributed by atoms with Gasteiger partial charge in [-0.1, -0.05) is 24.3 Å². The van der Waals surface area contributed by atoms with Gasteiger partial charge in [0.1, 0.15) is 0 Å². The smallest absolute Gasteiger partial charge is 0.0909 e. The molecule has 0 radical (unpaired) electrons. The predicted molar refractivity (Wildman–Crippen MR) is 74.0 cm³/mol. The van der Waals surface area contributed by atoms with E-state index in [0.29, 0.717) is 12.4 Å². The maximum Gasteiger partial charge on any atom is 0.0909 e. The summed E-state index contributed by atoms with van der Waals surface area (Å²) in [6, 6.07) is 8.44. The summed E-state index contributed by atoms with van der Waals surface area (Å²) in [7, 11) is 0. The van der Waals surface area contributed by atoms with E-state index in [0.717, 1.165) is 6.54 Å². The molecule has 0 aromatic heterocycles. The van der Waals surface area contributed by atoms with Crippen molar-refractivity contribution in [2.45, 2.75) is 46.3 Å². The van der Waals surface area contributed by atoms with Gasteiger partial charge >= 0.3 is 0 Å². The molecule has 3 nitrogen and oxygen atoms in total. The minimum absolute atomic E-state index is 0.141. The van der Waals surface area contributed by atoms with E-state index >= 15 is 0 Å². The number of nitrogens with zero attached hydrogens (tertiary/aromatic N) is 1. The maximum atomic E-state index is 5.53. The van der Waals surface area contributed by atoms with Crippen LogP contribution in [0.1, 0.15) is 38.8 Å². The number of hydrogen-bond donors (Lipinski definition) is 2. The Morgan fingerprint density at radius 2 is 1.94 bits per heavy atom. The highest BCUT2D eigenvalue weighted by atomic mass is 14.9. The minimum atomic E-state index is 0.141. The number of rotatable bonds is 4. The zero-order chi connectivity index (χ0) is 12.9. The summed E-state index contributed by atoms with van der Waals surface area (Å²) < 4.78 is 0. The molecule has 1 aromatic carbocycles. The van der Waals surface area contributed by atoms with Crippen molar-refractivity contribution in [2.75, 3.05) is 0 Å². The first-order valence-corrected chi connectivity index (χ1v) is 5.96. The van der Waals surface area contributed by atoms with E-state index in [4.69, 9.17) is 5.73 Å². The fourth-order valence-corrected chi connectivity index (χ4v) is 1.42. The molecule has 17 heavy (non-hydrogen) atoms. The molecular weight excluding hydrogens is 210 g/mol. The van der Waals surface area contributed by atoms with Gasteiger partial charge in [0.2, 0.25) is 0 Å². The van der Waals surface area contributed by atoms with Crippen molar-refractivity contribution in [3.63, 3.8) is 0 Å². The molecule has 3 heteroatoms. The van der Waals surface area contributed by atoms with Gasteiger partial charge < -0.3 is 11.1 Å². The van der Waals surface area contributed by atoms with Gasteiger partial charge in [-0.3, -0.25) is 4.99 Å². The van der Waals surface area contributed by atoms with Crippen LogP contribution in [-0.2, 0) is 13.1 Å². The van der Waals surface area contributed by atoms with Crippen LogP contribution in [0, 0.1) is 0 Å². The molecule has 0 spiro atoms. The van der Waals surface area contributed by atoms with Gasteiger partial charge in [0.15, 0.2) is 0 Å². The van der Waals surface area contributed by atoms with Crippen LogP contribution in [0.4, 0.5) is 0 Å². The summed E-state index contributed by atoms with van der Waals surface area (Å²) in [5.41, 5.74) is 8.15. The van der Waals surface area contributed by atoms with Gasteiger partial charge in [-0.25, -0.2) is 0 Å². The second kappa shape index (κ2) is 5.82. The van der Waals surface area contributed by atoms with Crippen molar-refractivity contribution in [3.05, 3.63) is 35.4 Å². The van der Waals surface area contributed by atoms with Crippen LogP contribution in [0.15, 0.2) is 29.3 Å². The Morgan fingerprint density at radius 3 is 2.53 bits per heavy atom. The number of aliphatic imine (C=N–C) groups is 1. The molecule has 0 amide bonds. The third-order valence-corrected chi connectivity index (χ3v) is 2.33. The van der Waals surface area contributed by atoms with E-state index in [1.807, 2.05) is 6.92 Å². The van der Waals surface area contributed by atoms with E-state index < -0.39 is 0 Å². The first-order chi connectivity index (χ1) is 7.87. The number of benzene rings is 1. The fourth-order valence-electron chi connectivity index (χ4n) is 1.42. The average molecular weight is 233 g/mol. The van der Waals surface area contributed by atoms with E-state index in [2.05, 4.69) is 55.3 Å². The number of hydrogen-bond acceptors (Lipinski definition) is 2. The highest BCUT2D eigenvalue weighted by Crippen LogP contribution is 2.08. The molecule has 0 heterocycles. The summed E-state index contributed by atoms with van der Waals surface area (Å²) in [6.07, 6.45) is 0. The number of amidine groups is 1. The Labute approximate surface area is 104 Å². The topological polar surface area (TPSA) is 50.4 Å². The first kappa shape index (κ1) is 13.7. The van der Waals surface area contributed by atoms with Crippen LogP contribution in [0.5, 0.6) is 0 Å². The SMILES string of the molecule is CC(N)=NCc1cccc(CNC(C)(C)C)c1. The van der Waals surface area contributed by atoms with Crippen LogP contribution in [-0.4, -0.2) is 11.4 Å². The van der Waals surface area contributed by atoms with E-state index in [-0.39, 0.29) is 5.54 Å². The molecule has 0 atom stereocenters. The fraction of sp³-hybridized carbons (Fsp3) is 0.500. The largest absolute Gasteiger partial charge is 0.388 e. The monoisotopic (exact) mass is 233 g/mol. The lowest BCUT2D eigenvalue weighted by Crippen LogP contribution is -2.35. The van der Waals surface area contributed by atoms with Crippen molar-refractivity contribution >= 4 is 5.84 Å². The Bertz CT molecular complexity index is 385. The van der Waals surface area contributed by atoms with E-state index in [1.165, 1.54) is 11.1 Å². The zero-order valence-corrected chi connectivity index (χ0v) is 11.2. The Hall–Kier alpha value is -1.35. The van der Waals surface area contributed by atoms with Gasteiger partial charge in [-0.05, 0) is 38.8 Å². The maximum absolute atomic E-state index is 5.53. The van der Waals surface area contributed by atoms with Crippen LogP contribution >= 0.6 is 0 Å². The van der Waals surface area contributed by atoms with E-state index in [9.17, 15) is 0 Å². The molecule has 0 unspecified atom stereocenters.